The van der Waals surface area contributed by atoms with Gasteiger partial charge in [0.05, 0.1) is 0 Å². The fraction of sp³-hybridized carbons (Fsp3) is 0. The largest absolute Gasteiger partial charge is 0.503 e. The van der Waals surface area contributed by atoms with Crippen LogP contribution in [0.3, 0.4) is 0 Å². The highest BCUT2D eigenvalue weighted by atomic mass is 16.4. The molecule has 1 aliphatic heterocycles. The van der Waals surface area contributed by atoms with Crippen molar-refractivity contribution in [3.05, 3.63) is 0 Å². The second-order valence-electron chi connectivity index (χ2n) is 4.54. The SMILES string of the molecule is Oc1c(O)c(O)c2c(c1O)Nc1c(O)c(O)c(O)c(O)c1N2. The van der Waals surface area contributed by atoms with Gasteiger partial charge >= 0.3 is 0 Å². The number of aromatic hydroxyl groups is 8. The summed E-state index contributed by atoms with van der Waals surface area (Å²) in [5, 5.41) is 81.8. The van der Waals surface area contributed by atoms with Crippen molar-refractivity contribution in [1.82, 2.24) is 0 Å². The Kier molecular flexibility index (Phi) is 2.42. The molecule has 10 heteroatoms. The molecule has 0 saturated carbocycles. The molecule has 1 aliphatic rings. The van der Waals surface area contributed by atoms with E-state index in [2.05, 4.69) is 10.6 Å². The van der Waals surface area contributed by atoms with Gasteiger partial charge in [-0.15, -0.1) is 0 Å². The molecule has 22 heavy (non-hydrogen) atoms. The summed E-state index contributed by atoms with van der Waals surface area (Å²) in [5.41, 5.74) is -1.33. The zero-order valence-corrected chi connectivity index (χ0v) is 10.6. The number of anilines is 4. The van der Waals surface area contributed by atoms with E-state index in [0.29, 0.717) is 0 Å². The van der Waals surface area contributed by atoms with Gasteiger partial charge in [0.15, 0.2) is 23.0 Å². The monoisotopic (exact) mass is 310 g/mol. The molecule has 116 valence electrons. The Labute approximate surface area is 121 Å². The van der Waals surface area contributed by atoms with Crippen LogP contribution in [0.25, 0.3) is 0 Å². The van der Waals surface area contributed by atoms with Gasteiger partial charge in [0, 0.05) is 0 Å². The predicted molar refractivity (Wildman–Crippen MR) is 72.8 cm³/mol. The number of phenols is 8. The van der Waals surface area contributed by atoms with Gasteiger partial charge in [0.2, 0.25) is 23.0 Å². The summed E-state index contributed by atoms with van der Waals surface area (Å²) in [6.07, 6.45) is 0. The predicted octanol–water partition coefficient (Wildman–Crippen LogP) is 1.13. The van der Waals surface area contributed by atoms with Gasteiger partial charge < -0.3 is 51.5 Å². The molecule has 0 aliphatic carbocycles. The lowest BCUT2D eigenvalue weighted by molar-refractivity contribution is 0.345. The van der Waals surface area contributed by atoms with Gasteiger partial charge in [-0.3, -0.25) is 0 Å². The Balaban J connectivity index is 2.32. The maximum Gasteiger partial charge on any atom is 0.206 e. The van der Waals surface area contributed by atoms with E-state index >= 15 is 0 Å². The van der Waals surface area contributed by atoms with Gasteiger partial charge in [-0.25, -0.2) is 0 Å². The molecular weight excluding hydrogens is 300 g/mol. The molecule has 2 aromatic carbocycles. The Hall–Kier alpha value is -3.56. The van der Waals surface area contributed by atoms with Crippen LogP contribution in [-0.2, 0) is 0 Å². The van der Waals surface area contributed by atoms with Crippen molar-refractivity contribution in [3.8, 4) is 46.0 Å². The summed E-state index contributed by atoms with van der Waals surface area (Å²) < 4.78 is 0. The van der Waals surface area contributed by atoms with Gasteiger partial charge in [-0.05, 0) is 0 Å². The second kappa shape index (κ2) is 3.97. The molecule has 0 unspecified atom stereocenters. The summed E-state index contributed by atoms with van der Waals surface area (Å²) in [6, 6.07) is 0. The molecule has 2 aromatic rings. The number of hydrogen-bond donors (Lipinski definition) is 10. The van der Waals surface area contributed by atoms with E-state index in [1.165, 1.54) is 0 Å². The Morgan fingerprint density at radius 1 is 0.318 bits per heavy atom. The molecular formula is C12H10N2O8. The zero-order valence-electron chi connectivity index (χ0n) is 10.6. The lowest BCUT2D eigenvalue weighted by Crippen LogP contribution is -2.07. The van der Waals surface area contributed by atoms with Crippen molar-refractivity contribution in [3.63, 3.8) is 0 Å². The maximum absolute atomic E-state index is 9.78. The molecule has 0 radical (unpaired) electrons. The van der Waals surface area contributed by atoms with Crippen molar-refractivity contribution in [1.29, 1.82) is 0 Å². The second-order valence-corrected chi connectivity index (χ2v) is 4.54. The van der Waals surface area contributed by atoms with E-state index < -0.39 is 46.0 Å². The summed E-state index contributed by atoms with van der Waals surface area (Å²) in [4.78, 5) is 0. The van der Waals surface area contributed by atoms with Gasteiger partial charge in [0.1, 0.15) is 22.7 Å². The zero-order chi connectivity index (χ0) is 16.3. The third-order valence-corrected chi connectivity index (χ3v) is 3.29. The molecule has 10 N–H and O–H groups in total. The van der Waals surface area contributed by atoms with Crippen LogP contribution >= 0.6 is 0 Å². The van der Waals surface area contributed by atoms with E-state index in [4.69, 9.17) is 0 Å². The van der Waals surface area contributed by atoms with Crippen LogP contribution in [0.5, 0.6) is 46.0 Å². The van der Waals surface area contributed by atoms with Crippen LogP contribution in [0.2, 0.25) is 0 Å². The normalized spacial score (nSPS) is 12.0. The van der Waals surface area contributed by atoms with Crippen LogP contribution in [0.15, 0.2) is 0 Å². The summed E-state index contributed by atoms with van der Waals surface area (Å²) >= 11 is 0. The van der Waals surface area contributed by atoms with Crippen LogP contribution in [-0.4, -0.2) is 40.9 Å². The molecule has 10 nitrogen and oxygen atoms in total. The molecule has 0 aromatic heterocycles. The highest BCUT2D eigenvalue weighted by molar-refractivity contribution is 6.03. The summed E-state index contributed by atoms with van der Waals surface area (Å²) in [6.45, 7) is 0. The van der Waals surface area contributed by atoms with Crippen molar-refractivity contribution in [2.75, 3.05) is 10.6 Å². The minimum absolute atomic E-state index is 0.333. The molecule has 0 saturated heterocycles. The number of rotatable bonds is 0. The summed E-state index contributed by atoms with van der Waals surface area (Å²) in [5.74, 6) is -7.46. The van der Waals surface area contributed by atoms with Gasteiger partial charge in [-0.2, -0.15) is 0 Å². The smallest absolute Gasteiger partial charge is 0.206 e. The van der Waals surface area contributed by atoms with Crippen LogP contribution in [0, 0.1) is 0 Å². The Bertz CT molecular complexity index is 698. The lowest BCUT2D eigenvalue weighted by atomic mass is 10.1. The lowest BCUT2D eigenvalue weighted by Gasteiger charge is -2.27. The highest BCUT2D eigenvalue weighted by Crippen LogP contribution is 2.62. The van der Waals surface area contributed by atoms with Crippen LogP contribution < -0.4 is 10.6 Å². The first-order chi connectivity index (χ1) is 10.3. The third kappa shape index (κ3) is 1.43. The number of fused-ring (bicyclic) bond motifs is 2. The van der Waals surface area contributed by atoms with Crippen molar-refractivity contribution >= 4 is 22.7 Å². The minimum atomic E-state index is -1.01. The quantitative estimate of drug-likeness (QED) is 0.213. The average molecular weight is 310 g/mol. The van der Waals surface area contributed by atoms with Crippen molar-refractivity contribution < 1.29 is 40.9 Å². The van der Waals surface area contributed by atoms with Crippen LogP contribution in [0.4, 0.5) is 22.7 Å². The van der Waals surface area contributed by atoms with Crippen molar-refractivity contribution in [2.45, 2.75) is 0 Å². The molecule has 0 spiro atoms. The van der Waals surface area contributed by atoms with Gasteiger partial charge in [-0.1, -0.05) is 0 Å². The maximum atomic E-state index is 9.78. The third-order valence-electron chi connectivity index (χ3n) is 3.29. The topological polar surface area (TPSA) is 186 Å². The van der Waals surface area contributed by atoms with Crippen LogP contribution in [0.1, 0.15) is 0 Å². The molecule has 0 atom stereocenters. The number of nitrogens with one attached hydrogen (secondary N) is 2. The van der Waals surface area contributed by atoms with Gasteiger partial charge in [0.25, 0.3) is 0 Å². The first-order valence-electron chi connectivity index (χ1n) is 5.79. The van der Waals surface area contributed by atoms with E-state index in [9.17, 15) is 40.9 Å². The first-order valence-corrected chi connectivity index (χ1v) is 5.79. The molecule has 3 rings (SSSR count). The standard InChI is InChI=1S/C12H10N2O8/c15-5-1-2(6(16)10(20)9(5)19)14-4-3(13-1)7(17)11(21)12(22)8(4)18/h13-22H. The Morgan fingerprint density at radius 3 is 0.682 bits per heavy atom. The average Bonchev–Trinajstić information content (AvgIpc) is 2.52. The fourth-order valence-electron chi connectivity index (χ4n) is 2.13. The van der Waals surface area contributed by atoms with E-state index in [-0.39, 0.29) is 22.7 Å². The van der Waals surface area contributed by atoms with E-state index in [1.807, 2.05) is 0 Å². The van der Waals surface area contributed by atoms with Crippen molar-refractivity contribution in [2.24, 2.45) is 0 Å². The fourth-order valence-corrected chi connectivity index (χ4v) is 2.13. The highest BCUT2D eigenvalue weighted by Gasteiger charge is 2.33. The van der Waals surface area contributed by atoms with E-state index in [0.717, 1.165) is 0 Å². The first kappa shape index (κ1) is 13.4. The molecule has 1 heterocycles. The molecule has 0 bridgehead atoms. The number of benzene rings is 2. The van der Waals surface area contributed by atoms with E-state index in [1.54, 1.807) is 0 Å². The summed E-state index contributed by atoms with van der Waals surface area (Å²) in [7, 11) is 0. The minimum Gasteiger partial charge on any atom is -0.503 e. The Morgan fingerprint density at radius 2 is 0.500 bits per heavy atom. The molecule has 0 amide bonds. The number of hydrogen-bond acceptors (Lipinski definition) is 10. The molecule has 0 fully saturated rings. The number of phenolic OH excluding ortho intramolecular Hbond substituents is 8.